The van der Waals surface area contributed by atoms with E-state index in [2.05, 4.69) is 34.1 Å². The zero-order chi connectivity index (χ0) is 20.6. The number of hydrogen-bond donors (Lipinski definition) is 0. The Morgan fingerprint density at radius 2 is 1.83 bits per heavy atom. The summed E-state index contributed by atoms with van der Waals surface area (Å²) < 4.78 is 11.5. The largest absolute Gasteiger partial charge is 0.496 e. The Labute approximate surface area is 183 Å². The van der Waals surface area contributed by atoms with Crippen LogP contribution in [0.25, 0.3) is 6.08 Å². The molecule has 4 nitrogen and oxygen atoms in total. The Morgan fingerprint density at radius 1 is 1.03 bits per heavy atom. The summed E-state index contributed by atoms with van der Waals surface area (Å²) in [5.74, 6) is 1.77. The van der Waals surface area contributed by atoms with Crippen molar-refractivity contribution in [2.45, 2.75) is 63.5 Å². The van der Waals surface area contributed by atoms with E-state index in [1.165, 1.54) is 71.0 Å². The van der Waals surface area contributed by atoms with Gasteiger partial charge in [0, 0.05) is 37.8 Å². The van der Waals surface area contributed by atoms with E-state index in [-0.39, 0.29) is 0 Å². The first kappa shape index (κ1) is 21.9. The normalized spacial score (nSPS) is 24.4. The standard InChI is InChI=1S/C26H40N2O2/c1-29-26-13-5-2-8-23(26)9-6-16-27(21-25-12-7-19-30-25)20-22-14-17-28(18-15-22)24-10-3-4-11-24/h2,5-6,8-9,13,22,24-25H,3-4,7,10-12,14-21H2,1H3/b9-6+. The maximum Gasteiger partial charge on any atom is 0.126 e. The highest BCUT2D eigenvalue weighted by atomic mass is 16.5. The van der Waals surface area contributed by atoms with Crippen molar-refractivity contribution >= 4 is 6.08 Å². The smallest absolute Gasteiger partial charge is 0.126 e. The SMILES string of the molecule is COc1ccccc1/C=C/CN(CC1CCN(C2CCCC2)CC1)CC1CCCO1. The van der Waals surface area contributed by atoms with Gasteiger partial charge in [0.05, 0.1) is 13.2 Å². The minimum Gasteiger partial charge on any atom is -0.496 e. The van der Waals surface area contributed by atoms with Gasteiger partial charge in [-0.25, -0.2) is 0 Å². The van der Waals surface area contributed by atoms with Gasteiger partial charge in [0.1, 0.15) is 5.75 Å². The molecule has 0 aromatic heterocycles. The molecule has 3 aliphatic rings. The molecule has 4 heteroatoms. The van der Waals surface area contributed by atoms with E-state index in [1.54, 1.807) is 7.11 Å². The zero-order valence-electron chi connectivity index (χ0n) is 18.8. The van der Waals surface area contributed by atoms with E-state index in [0.29, 0.717) is 6.10 Å². The molecule has 2 saturated heterocycles. The van der Waals surface area contributed by atoms with Gasteiger partial charge in [0.25, 0.3) is 0 Å². The number of hydrogen-bond acceptors (Lipinski definition) is 4. The first-order valence-electron chi connectivity index (χ1n) is 12.2. The average Bonchev–Trinajstić information content (AvgIpc) is 3.49. The summed E-state index contributed by atoms with van der Waals surface area (Å²) in [7, 11) is 1.74. The number of likely N-dealkylation sites (tertiary alicyclic amines) is 1. The zero-order valence-corrected chi connectivity index (χ0v) is 18.8. The van der Waals surface area contributed by atoms with E-state index in [9.17, 15) is 0 Å². The van der Waals surface area contributed by atoms with Crippen molar-refractivity contribution in [2.75, 3.05) is 46.4 Å². The number of piperidine rings is 1. The lowest BCUT2D eigenvalue weighted by molar-refractivity contribution is 0.0614. The third-order valence-electron chi connectivity index (χ3n) is 7.29. The number of rotatable bonds is 9. The van der Waals surface area contributed by atoms with E-state index in [1.807, 2.05) is 12.1 Å². The number of benzene rings is 1. The molecule has 1 unspecified atom stereocenters. The molecule has 0 N–H and O–H groups in total. The molecule has 0 amide bonds. The van der Waals surface area contributed by atoms with Gasteiger partial charge in [-0.3, -0.25) is 4.90 Å². The first-order valence-corrected chi connectivity index (χ1v) is 12.2. The molecule has 2 aliphatic heterocycles. The van der Waals surface area contributed by atoms with Crippen molar-refractivity contribution in [2.24, 2.45) is 5.92 Å². The molecule has 1 aliphatic carbocycles. The molecule has 1 atom stereocenters. The molecule has 30 heavy (non-hydrogen) atoms. The lowest BCUT2D eigenvalue weighted by atomic mass is 9.94. The molecule has 1 saturated carbocycles. The monoisotopic (exact) mass is 412 g/mol. The van der Waals surface area contributed by atoms with Gasteiger partial charge >= 0.3 is 0 Å². The molecule has 1 aromatic carbocycles. The number of nitrogens with zero attached hydrogens (tertiary/aromatic N) is 2. The second-order valence-corrected chi connectivity index (χ2v) is 9.42. The minimum absolute atomic E-state index is 0.420. The summed E-state index contributed by atoms with van der Waals surface area (Å²) >= 11 is 0. The summed E-state index contributed by atoms with van der Waals surface area (Å²) in [6.45, 7) is 6.81. The Balaban J connectivity index is 1.31. The molecule has 166 valence electrons. The third kappa shape index (κ3) is 6.09. The van der Waals surface area contributed by atoms with Gasteiger partial charge in [-0.1, -0.05) is 43.2 Å². The number of ether oxygens (including phenoxy) is 2. The van der Waals surface area contributed by atoms with Gasteiger partial charge < -0.3 is 14.4 Å². The van der Waals surface area contributed by atoms with Crippen LogP contribution in [0.15, 0.2) is 30.3 Å². The van der Waals surface area contributed by atoms with Crippen LogP contribution < -0.4 is 4.74 Å². The molecule has 4 rings (SSSR count). The Kier molecular flexibility index (Phi) is 8.24. The third-order valence-corrected chi connectivity index (χ3v) is 7.29. The molecular formula is C26H40N2O2. The highest BCUT2D eigenvalue weighted by molar-refractivity contribution is 5.57. The second kappa shape index (κ2) is 11.3. The summed E-state index contributed by atoms with van der Waals surface area (Å²) in [5, 5.41) is 0. The summed E-state index contributed by atoms with van der Waals surface area (Å²) in [6, 6.07) is 9.14. The van der Waals surface area contributed by atoms with E-state index >= 15 is 0 Å². The molecule has 0 bridgehead atoms. The van der Waals surface area contributed by atoms with Crippen LogP contribution in [0, 0.1) is 5.92 Å². The van der Waals surface area contributed by atoms with Crippen LogP contribution in [0.1, 0.15) is 56.9 Å². The van der Waals surface area contributed by atoms with Crippen LogP contribution in [-0.2, 0) is 4.74 Å². The molecule has 1 aromatic rings. The molecule has 3 fully saturated rings. The maximum atomic E-state index is 5.96. The van der Waals surface area contributed by atoms with E-state index < -0.39 is 0 Å². The van der Waals surface area contributed by atoms with Crippen molar-refractivity contribution in [3.8, 4) is 5.75 Å². The van der Waals surface area contributed by atoms with Crippen LogP contribution >= 0.6 is 0 Å². The predicted molar refractivity (Wildman–Crippen MR) is 124 cm³/mol. The van der Waals surface area contributed by atoms with Gasteiger partial charge in [-0.2, -0.15) is 0 Å². The lowest BCUT2D eigenvalue weighted by Crippen LogP contribution is -2.43. The topological polar surface area (TPSA) is 24.9 Å². The quantitative estimate of drug-likeness (QED) is 0.579. The highest BCUT2D eigenvalue weighted by Gasteiger charge is 2.28. The van der Waals surface area contributed by atoms with Gasteiger partial charge in [0.15, 0.2) is 0 Å². The van der Waals surface area contributed by atoms with Gasteiger partial charge in [-0.05, 0) is 63.6 Å². The van der Waals surface area contributed by atoms with Crippen molar-refractivity contribution in [1.29, 1.82) is 0 Å². The van der Waals surface area contributed by atoms with Crippen LogP contribution in [0.2, 0.25) is 0 Å². The fraction of sp³-hybridized carbons (Fsp3) is 0.692. The number of methoxy groups -OCH3 is 1. The predicted octanol–water partition coefficient (Wildman–Crippen LogP) is 4.84. The van der Waals surface area contributed by atoms with Gasteiger partial charge in [-0.15, -0.1) is 0 Å². The summed E-state index contributed by atoms with van der Waals surface area (Å²) in [4.78, 5) is 5.42. The van der Waals surface area contributed by atoms with Crippen LogP contribution in [0.3, 0.4) is 0 Å². The lowest BCUT2D eigenvalue weighted by Gasteiger charge is -2.38. The molecular weight excluding hydrogens is 372 g/mol. The second-order valence-electron chi connectivity index (χ2n) is 9.42. The molecule has 2 heterocycles. The summed E-state index contributed by atoms with van der Waals surface area (Å²) in [6.07, 6.45) is 15.8. The summed E-state index contributed by atoms with van der Waals surface area (Å²) in [5.41, 5.74) is 1.15. The van der Waals surface area contributed by atoms with E-state index in [0.717, 1.165) is 43.0 Å². The van der Waals surface area contributed by atoms with Crippen molar-refractivity contribution in [1.82, 2.24) is 9.80 Å². The van der Waals surface area contributed by atoms with Crippen LogP contribution in [0.4, 0.5) is 0 Å². The van der Waals surface area contributed by atoms with Crippen molar-refractivity contribution in [3.05, 3.63) is 35.9 Å². The van der Waals surface area contributed by atoms with Crippen molar-refractivity contribution in [3.63, 3.8) is 0 Å². The van der Waals surface area contributed by atoms with Crippen molar-refractivity contribution < 1.29 is 9.47 Å². The average molecular weight is 413 g/mol. The minimum atomic E-state index is 0.420. The fourth-order valence-corrected chi connectivity index (χ4v) is 5.57. The fourth-order valence-electron chi connectivity index (χ4n) is 5.57. The maximum absolute atomic E-state index is 5.96. The Morgan fingerprint density at radius 3 is 2.57 bits per heavy atom. The molecule has 0 spiro atoms. The first-order chi connectivity index (χ1) is 14.8. The van der Waals surface area contributed by atoms with Gasteiger partial charge in [0.2, 0.25) is 0 Å². The molecule has 0 radical (unpaired) electrons. The number of para-hydroxylation sites is 1. The Bertz CT molecular complexity index is 657. The van der Waals surface area contributed by atoms with E-state index in [4.69, 9.17) is 9.47 Å². The highest BCUT2D eigenvalue weighted by Crippen LogP contribution is 2.28. The van der Waals surface area contributed by atoms with Crippen LogP contribution in [0.5, 0.6) is 5.75 Å². The van der Waals surface area contributed by atoms with Crippen LogP contribution in [-0.4, -0.2) is 68.4 Å². The Hall–Kier alpha value is -1.36.